The van der Waals surface area contributed by atoms with E-state index in [0.29, 0.717) is 22.5 Å². The first-order valence-electron chi connectivity index (χ1n) is 7.37. The van der Waals surface area contributed by atoms with E-state index in [1.165, 1.54) is 0 Å². The number of rotatable bonds is 4. The highest BCUT2D eigenvalue weighted by Gasteiger charge is 2.12. The fourth-order valence-electron chi connectivity index (χ4n) is 2.15. The van der Waals surface area contributed by atoms with E-state index in [1.54, 1.807) is 73.3 Å². The first kappa shape index (κ1) is 15.4. The van der Waals surface area contributed by atoms with Crippen LogP contribution in [0.3, 0.4) is 0 Å². The molecule has 0 bridgehead atoms. The Balaban J connectivity index is 1.74. The van der Waals surface area contributed by atoms with Crippen molar-refractivity contribution in [3.8, 4) is 0 Å². The summed E-state index contributed by atoms with van der Waals surface area (Å²) in [5, 5.41) is 5.53. The van der Waals surface area contributed by atoms with Crippen LogP contribution in [0.2, 0.25) is 0 Å². The number of aromatic nitrogens is 2. The number of carbonyl (C=O) groups excluding carboxylic acids is 2. The Bertz CT molecular complexity index is 782. The number of hydrogen-bond donors (Lipinski definition) is 2. The van der Waals surface area contributed by atoms with Gasteiger partial charge in [0.2, 0.25) is 0 Å². The van der Waals surface area contributed by atoms with Crippen LogP contribution in [0.4, 0.5) is 11.4 Å². The number of nitrogens with one attached hydrogen (secondary N) is 4. The van der Waals surface area contributed by atoms with Crippen LogP contribution < -0.4 is 20.6 Å². The number of anilines is 2. The number of H-pyrrole nitrogens is 2. The van der Waals surface area contributed by atoms with Crippen LogP contribution in [0.15, 0.2) is 73.3 Å². The van der Waals surface area contributed by atoms with E-state index in [9.17, 15) is 9.59 Å². The van der Waals surface area contributed by atoms with Gasteiger partial charge in [0.25, 0.3) is 11.8 Å². The third-order valence-electron chi connectivity index (χ3n) is 3.32. The van der Waals surface area contributed by atoms with Gasteiger partial charge in [0, 0.05) is 23.3 Å². The molecule has 0 radical (unpaired) electrons. The second kappa shape index (κ2) is 7.15. The molecule has 2 heterocycles. The van der Waals surface area contributed by atoms with Gasteiger partial charge in [0.1, 0.15) is 11.4 Å². The maximum atomic E-state index is 12.3. The largest absolute Gasteiger partial charge is 0.317 e. The molecular weight excluding hydrogens is 304 g/mol. The van der Waals surface area contributed by atoms with Crippen LogP contribution in [0.5, 0.6) is 0 Å². The lowest BCUT2D eigenvalue weighted by Gasteiger charge is -2.06. The maximum absolute atomic E-state index is 12.3. The van der Waals surface area contributed by atoms with Gasteiger partial charge < -0.3 is 10.6 Å². The third kappa shape index (κ3) is 3.80. The Morgan fingerprint density at radius 1 is 0.708 bits per heavy atom. The van der Waals surface area contributed by atoms with Crippen molar-refractivity contribution < 1.29 is 19.6 Å². The van der Waals surface area contributed by atoms with Gasteiger partial charge >= 0.3 is 0 Å². The van der Waals surface area contributed by atoms with Crippen molar-refractivity contribution in [2.75, 3.05) is 10.6 Å². The summed E-state index contributed by atoms with van der Waals surface area (Å²) < 4.78 is 0. The Labute approximate surface area is 138 Å². The van der Waals surface area contributed by atoms with Crippen molar-refractivity contribution in [2.24, 2.45) is 0 Å². The molecule has 6 heteroatoms. The molecule has 3 rings (SSSR count). The Hall–Kier alpha value is -3.54. The summed E-state index contributed by atoms with van der Waals surface area (Å²) >= 11 is 0. The molecule has 6 nitrogen and oxygen atoms in total. The SMILES string of the molecule is O=C(Nc1ccc[nH+]c1)c1cccc(C(=O)Nc2ccc[nH+]c2)c1. The van der Waals surface area contributed by atoms with Gasteiger partial charge in [-0.25, -0.2) is 9.97 Å². The van der Waals surface area contributed by atoms with E-state index in [4.69, 9.17) is 0 Å². The summed E-state index contributed by atoms with van der Waals surface area (Å²) in [7, 11) is 0. The molecule has 2 amide bonds. The average molecular weight is 320 g/mol. The predicted molar refractivity (Wildman–Crippen MR) is 88.3 cm³/mol. The Morgan fingerprint density at radius 3 is 1.62 bits per heavy atom. The summed E-state index contributed by atoms with van der Waals surface area (Å²) in [5.41, 5.74) is 2.12. The monoisotopic (exact) mass is 320 g/mol. The van der Waals surface area contributed by atoms with E-state index < -0.39 is 0 Å². The van der Waals surface area contributed by atoms with Gasteiger partial charge in [-0.1, -0.05) is 6.07 Å². The quantitative estimate of drug-likeness (QED) is 0.768. The van der Waals surface area contributed by atoms with Gasteiger partial charge in [-0.15, -0.1) is 0 Å². The molecular formula is C18H16N4O2+2. The summed E-state index contributed by atoms with van der Waals surface area (Å²) in [6, 6.07) is 13.7. The highest BCUT2D eigenvalue weighted by Crippen LogP contribution is 2.11. The number of pyridine rings is 2. The summed E-state index contributed by atoms with van der Waals surface area (Å²) in [4.78, 5) is 30.4. The lowest BCUT2D eigenvalue weighted by Crippen LogP contribution is -2.17. The smallest absolute Gasteiger partial charge is 0.255 e. The summed E-state index contributed by atoms with van der Waals surface area (Å²) in [5.74, 6) is -0.561. The van der Waals surface area contributed by atoms with Crippen molar-refractivity contribution in [3.63, 3.8) is 0 Å². The molecule has 0 fully saturated rings. The van der Waals surface area contributed by atoms with Crippen molar-refractivity contribution in [1.82, 2.24) is 0 Å². The second-order valence-corrected chi connectivity index (χ2v) is 5.07. The van der Waals surface area contributed by atoms with Crippen molar-refractivity contribution in [1.29, 1.82) is 0 Å². The average Bonchev–Trinajstić information content (AvgIpc) is 2.63. The fourth-order valence-corrected chi connectivity index (χ4v) is 2.15. The van der Waals surface area contributed by atoms with Gasteiger partial charge in [-0.3, -0.25) is 9.59 Å². The molecule has 1 aromatic carbocycles. The minimum atomic E-state index is -0.280. The molecule has 3 aromatic rings. The molecule has 2 aromatic heterocycles. The van der Waals surface area contributed by atoms with Crippen molar-refractivity contribution in [2.45, 2.75) is 0 Å². The number of aromatic amines is 2. The van der Waals surface area contributed by atoms with Gasteiger partial charge in [-0.2, -0.15) is 0 Å². The van der Waals surface area contributed by atoms with E-state index >= 15 is 0 Å². The van der Waals surface area contributed by atoms with E-state index in [2.05, 4.69) is 20.6 Å². The number of carbonyl (C=O) groups is 2. The zero-order valence-electron chi connectivity index (χ0n) is 12.7. The van der Waals surface area contributed by atoms with Crippen molar-refractivity contribution >= 4 is 23.2 Å². The fraction of sp³-hybridized carbons (Fsp3) is 0. The first-order chi connectivity index (χ1) is 11.7. The molecule has 118 valence electrons. The number of benzene rings is 1. The highest BCUT2D eigenvalue weighted by atomic mass is 16.2. The second-order valence-electron chi connectivity index (χ2n) is 5.07. The molecule has 0 unspecified atom stereocenters. The lowest BCUT2D eigenvalue weighted by molar-refractivity contribution is -0.377. The minimum absolute atomic E-state index is 0.280. The van der Waals surface area contributed by atoms with Crippen LogP contribution in [0.1, 0.15) is 20.7 Å². The molecule has 4 N–H and O–H groups in total. The van der Waals surface area contributed by atoms with E-state index in [1.807, 2.05) is 0 Å². The zero-order chi connectivity index (χ0) is 16.8. The molecule has 0 atom stereocenters. The minimum Gasteiger partial charge on any atom is -0.317 e. The van der Waals surface area contributed by atoms with Gasteiger partial charge in [0.05, 0.1) is 0 Å². The molecule has 24 heavy (non-hydrogen) atoms. The van der Waals surface area contributed by atoms with Crippen molar-refractivity contribution in [3.05, 3.63) is 84.4 Å². The lowest BCUT2D eigenvalue weighted by atomic mass is 10.1. The zero-order valence-corrected chi connectivity index (χ0v) is 12.7. The summed E-state index contributed by atoms with van der Waals surface area (Å²) in [6.45, 7) is 0. The standard InChI is InChI=1S/C18H14N4O2/c23-17(21-15-6-2-8-19-11-15)13-4-1-5-14(10-13)18(24)22-16-7-3-9-20-12-16/h1-12H,(H,21,23)(H,22,24)/p+2. The van der Waals surface area contributed by atoms with E-state index in [0.717, 1.165) is 0 Å². The molecule has 0 aliphatic rings. The molecule has 0 saturated heterocycles. The maximum Gasteiger partial charge on any atom is 0.255 e. The number of amides is 2. The molecule has 0 aliphatic heterocycles. The van der Waals surface area contributed by atoms with E-state index in [-0.39, 0.29) is 11.8 Å². The first-order valence-corrected chi connectivity index (χ1v) is 7.37. The Kier molecular flexibility index (Phi) is 4.57. The topological polar surface area (TPSA) is 86.5 Å². The van der Waals surface area contributed by atoms with Crippen LogP contribution >= 0.6 is 0 Å². The third-order valence-corrected chi connectivity index (χ3v) is 3.32. The van der Waals surface area contributed by atoms with Gasteiger partial charge in [-0.05, 0) is 30.3 Å². The summed E-state index contributed by atoms with van der Waals surface area (Å²) in [6.07, 6.45) is 6.87. The number of hydrogen-bond acceptors (Lipinski definition) is 2. The molecule has 0 aliphatic carbocycles. The van der Waals surface area contributed by atoms with Crippen LogP contribution in [-0.2, 0) is 0 Å². The molecule has 0 spiro atoms. The molecule has 0 saturated carbocycles. The van der Waals surface area contributed by atoms with Crippen LogP contribution in [0.25, 0.3) is 0 Å². The van der Waals surface area contributed by atoms with Gasteiger partial charge in [0.15, 0.2) is 24.8 Å². The van der Waals surface area contributed by atoms with Crippen LogP contribution in [-0.4, -0.2) is 11.8 Å². The highest BCUT2D eigenvalue weighted by molar-refractivity contribution is 6.08. The Morgan fingerprint density at radius 2 is 1.21 bits per heavy atom. The van der Waals surface area contributed by atoms with Crippen LogP contribution in [0, 0.1) is 0 Å². The normalized spacial score (nSPS) is 10.0. The predicted octanol–water partition coefficient (Wildman–Crippen LogP) is 1.82.